The third kappa shape index (κ3) is 35.1. The van der Waals surface area contributed by atoms with Gasteiger partial charge < -0.3 is 50.5 Å². The Morgan fingerprint density at radius 2 is 0.853 bits per heavy atom. The monoisotopic (exact) mass is 970 g/mol. The predicted molar refractivity (Wildman–Crippen MR) is 279 cm³/mol. The molecule has 0 spiro atoms. The molecule has 0 bridgehead atoms. The lowest BCUT2D eigenvalue weighted by molar-refractivity contribution is -0.303. The molecule has 404 valence electrons. The second-order valence-electron chi connectivity index (χ2n) is 20.7. The van der Waals surface area contributed by atoms with Crippen LogP contribution in [0.3, 0.4) is 0 Å². The number of unbranched alkanes of at least 4 members (excludes halogenated alkanes) is 36. The van der Waals surface area contributed by atoms with Crippen LogP contribution in [-0.4, -0.2) is 110 Å². The summed E-state index contributed by atoms with van der Waals surface area (Å²) in [6.45, 7) is 3.48. The second-order valence-corrected chi connectivity index (χ2v) is 20.7. The molecule has 1 amide bonds. The number of hydrogen-bond acceptors (Lipinski definition) is 10. The highest BCUT2D eigenvalue weighted by atomic mass is 16.7. The van der Waals surface area contributed by atoms with E-state index in [0.717, 1.165) is 38.5 Å². The molecule has 0 aliphatic carbocycles. The number of hydrogen-bond donors (Lipinski definition) is 8. The molecule has 68 heavy (non-hydrogen) atoms. The van der Waals surface area contributed by atoms with Gasteiger partial charge in [0.25, 0.3) is 0 Å². The van der Waals surface area contributed by atoms with Gasteiger partial charge in [-0.15, -0.1) is 0 Å². The summed E-state index contributed by atoms with van der Waals surface area (Å²) in [4.78, 5) is 13.2. The van der Waals surface area contributed by atoms with Crippen molar-refractivity contribution in [2.75, 3.05) is 13.2 Å². The van der Waals surface area contributed by atoms with E-state index in [2.05, 4.69) is 31.3 Å². The number of amides is 1. The van der Waals surface area contributed by atoms with Gasteiger partial charge in [-0.05, 0) is 38.5 Å². The lowest BCUT2D eigenvalue weighted by Crippen LogP contribution is -2.60. The highest BCUT2D eigenvalue weighted by molar-refractivity contribution is 5.80. The Labute approximate surface area is 417 Å². The zero-order chi connectivity index (χ0) is 49.7. The molecular formula is C57H111NO10. The zero-order valence-electron chi connectivity index (χ0n) is 44.1. The van der Waals surface area contributed by atoms with Crippen molar-refractivity contribution < 1.29 is 50.0 Å². The third-order valence-electron chi connectivity index (χ3n) is 14.3. The van der Waals surface area contributed by atoms with Crippen molar-refractivity contribution in [2.45, 2.75) is 332 Å². The molecule has 11 heteroatoms. The topological polar surface area (TPSA) is 189 Å². The molecule has 0 aromatic heterocycles. The van der Waals surface area contributed by atoms with Gasteiger partial charge >= 0.3 is 0 Å². The van der Waals surface area contributed by atoms with Gasteiger partial charge in [-0.3, -0.25) is 4.79 Å². The van der Waals surface area contributed by atoms with Crippen LogP contribution in [0.25, 0.3) is 0 Å². The van der Waals surface area contributed by atoms with Crippen LogP contribution in [0.2, 0.25) is 0 Å². The van der Waals surface area contributed by atoms with Gasteiger partial charge in [-0.25, -0.2) is 0 Å². The first-order chi connectivity index (χ1) is 33.2. The number of aliphatic hydroxyl groups excluding tert-OH is 7. The van der Waals surface area contributed by atoms with Gasteiger partial charge in [0.05, 0.1) is 25.4 Å². The molecule has 1 aliphatic rings. The summed E-state index contributed by atoms with van der Waals surface area (Å²) >= 11 is 0. The van der Waals surface area contributed by atoms with Crippen molar-refractivity contribution in [3.63, 3.8) is 0 Å². The summed E-state index contributed by atoms with van der Waals surface area (Å²) in [5, 5.41) is 76.1. The molecule has 0 radical (unpaired) electrons. The number of rotatable bonds is 50. The quantitative estimate of drug-likeness (QED) is 0.0215. The number of ether oxygens (including phenoxy) is 2. The van der Waals surface area contributed by atoms with E-state index in [1.165, 1.54) is 199 Å². The van der Waals surface area contributed by atoms with E-state index in [1.54, 1.807) is 0 Å². The first-order valence-corrected chi connectivity index (χ1v) is 29.1. The van der Waals surface area contributed by atoms with Crippen LogP contribution >= 0.6 is 0 Å². The van der Waals surface area contributed by atoms with E-state index in [-0.39, 0.29) is 6.42 Å². The Morgan fingerprint density at radius 1 is 0.500 bits per heavy atom. The summed E-state index contributed by atoms with van der Waals surface area (Å²) in [6.07, 6.45) is 42.6. The lowest BCUT2D eigenvalue weighted by Gasteiger charge is -2.40. The van der Waals surface area contributed by atoms with Crippen molar-refractivity contribution in [3.05, 3.63) is 12.2 Å². The van der Waals surface area contributed by atoms with Gasteiger partial charge in [-0.1, -0.05) is 251 Å². The zero-order valence-corrected chi connectivity index (χ0v) is 44.1. The molecule has 9 unspecified atom stereocenters. The largest absolute Gasteiger partial charge is 0.394 e. The summed E-state index contributed by atoms with van der Waals surface area (Å²) in [5.41, 5.74) is 0. The van der Waals surface area contributed by atoms with Crippen LogP contribution in [0, 0.1) is 0 Å². The van der Waals surface area contributed by atoms with Gasteiger partial charge in [-0.2, -0.15) is 0 Å². The normalized spacial score (nSPS) is 20.5. The number of nitrogens with one attached hydrogen (secondary N) is 1. The molecule has 8 N–H and O–H groups in total. The highest BCUT2D eigenvalue weighted by Crippen LogP contribution is 2.23. The molecule has 9 atom stereocenters. The first kappa shape index (κ1) is 64.9. The maximum Gasteiger partial charge on any atom is 0.249 e. The maximum absolute atomic E-state index is 13.2. The van der Waals surface area contributed by atoms with E-state index in [0.29, 0.717) is 19.3 Å². The van der Waals surface area contributed by atoms with E-state index < -0.39 is 74.2 Å². The Hall–Kier alpha value is -1.15. The minimum atomic E-state index is -1.66. The number of allylic oxidation sites excluding steroid dienone is 2. The highest BCUT2D eigenvalue weighted by Gasteiger charge is 2.44. The Bertz CT molecular complexity index is 1110. The average molecular weight is 971 g/mol. The Morgan fingerprint density at radius 3 is 1.24 bits per heavy atom. The molecular weight excluding hydrogens is 859 g/mol. The SMILES string of the molecule is CCCCCCCCCCCCCC/C=C\CCCCCCCCCCCC(O)C(=O)NC(COC1OC(CO)C(O)C(O)C1O)C(O)C(O)CCCCCCCCCCCCCCCCCC. The fraction of sp³-hybridized carbons (Fsp3) is 0.947. The van der Waals surface area contributed by atoms with Crippen LogP contribution in [0.5, 0.6) is 0 Å². The summed E-state index contributed by atoms with van der Waals surface area (Å²) in [7, 11) is 0. The van der Waals surface area contributed by atoms with E-state index in [4.69, 9.17) is 9.47 Å². The molecule has 0 aromatic rings. The summed E-state index contributed by atoms with van der Waals surface area (Å²) in [6, 6.07) is -1.17. The van der Waals surface area contributed by atoms with Gasteiger partial charge in [0.1, 0.15) is 36.6 Å². The second kappa shape index (κ2) is 46.9. The van der Waals surface area contributed by atoms with Crippen LogP contribution in [-0.2, 0) is 14.3 Å². The summed E-state index contributed by atoms with van der Waals surface area (Å²) in [5.74, 6) is -0.694. The molecule has 11 nitrogen and oxygen atoms in total. The van der Waals surface area contributed by atoms with Crippen LogP contribution in [0.15, 0.2) is 12.2 Å². The average Bonchev–Trinajstić information content (AvgIpc) is 3.34. The Kier molecular flexibility index (Phi) is 44.7. The predicted octanol–water partition coefficient (Wildman–Crippen LogP) is 12.0. The van der Waals surface area contributed by atoms with Crippen LogP contribution < -0.4 is 5.32 Å². The molecule has 1 rings (SSSR count). The van der Waals surface area contributed by atoms with Gasteiger partial charge in [0, 0.05) is 0 Å². The van der Waals surface area contributed by atoms with Crippen molar-refractivity contribution in [3.8, 4) is 0 Å². The van der Waals surface area contributed by atoms with Gasteiger partial charge in [0.15, 0.2) is 6.29 Å². The smallest absolute Gasteiger partial charge is 0.249 e. The standard InChI is InChI=1S/C57H111NO10/c1-3-5-7-9-11-13-15-17-19-21-22-23-24-25-26-27-28-29-31-33-35-37-39-41-43-45-50(61)56(66)58-48(47-67-57-55(65)54(64)53(63)51(46-59)68-57)52(62)49(60)44-42-40-38-36-34-32-30-20-18-16-14-12-10-8-6-4-2/h25-26,48-55,57,59-65H,3-24,27-47H2,1-2H3,(H,58,66)/b26-25-. The van der Waals surface area contributed by atoms with E-state index in [9.17, 15) is 40.5 Å². The minimum absolute atomic E-state index is 0.261. The Balaban J connectivity index is 2.29. The van der Waals surface area contributed by atoms with Crippen molar-refractivity contribution >= 4 is 5.91 Å². The van der Waals surface area contributed by atoms with Crippen molar-refractivity contribution in [2.24, 2.45) is 0 Å². The van der Waals surface area contributed by atoms with Crippen LogP contribution in [0.1, 0.15) is 277 Å². The molecule has 1 aliphatic heterocycles. The number of carbonyl (C=O) groups is 1. The first-order valence-electron chi connectivity index (χ1n) is 29.1. The maximum atomic E-state index is 13.2. The number of carbonyl (C=O) groups excluding carboxylic acids is 1. The van der Waals surface area contributed by atoms with E-state index in [1.807, 2.05) is 0 Å². The molecule has 0 aromatic carbocycles. The fourth-order valence-electron chi connectivity index (χ4n) is 9.56. The van der Waals surface area contributed by atoms with Crippen molar-refractivity contribution in [1.82, 2.24) is 5.32 Å². The van der Waals surface area contributed by atoms with Crippen molar-refractivity contribution in [1.29, 1.82) is 0 Å². The third-order valence-corrected chi connectivity index (χ3v) is 14.3. The van der Waals surface area contributed by atoms with E-state index >= 15 is 0 Å². The minimum Gasteiger partial charge on any atom is -0.394 e. The summed E-state index contributed by atoms with van der Waals surface area (Å²) < 4.78 is 11.1. The van der Waals surface area contributed by atoms with Gasteiger partial charge in [0.2, 0.25) is 5.91 Å². The lowest BCUT2D eigenvalue weighted by atomic mass is 9.98. The number of aliphatic hydroxyl groups is 7. The molecule has 0 saturated carbocycles. The molecule has 1 heterocycles. The molecule has 1 saturated heterocycles. The fourth-order valence-corrected chi connectivity index (χ4v) is 9.56. The molecule has 1 fully saturated rings. The van der Waals surface area contributed by atoms with Crippen LogP contribution in [0.4, 0.5) is 0 Å².